The molecule has 96 valence electrons. The van der Waals surface area contributed by atoms with Crippen LogP contribution < -0.4 is 5.19 Å². The molecule has 0 spiro atoms. The zero-order valence-corrected chi connectivity index (χ0v) is 13.4. The third-order valence-corrected chi connectivity index (χ3v) is 10.0. The summed E-state index contributed by atoms with van der Waals surface area (Å²) >= 11 is 0. The zero-order chi connectivity index (χ0) is 13.1. The van der Waals surface area contributed by atoms with E-state index in [2.05, 4.69) is 65.8 Å². The van der Waals surface area contributed by atoms with Crippen molar-refractivity contribution >= 4 is 13.3 Å². The fourth-order valence-electron chi connectivity index (χ4n) is 2.69. The van der Waals surface area contributed by atoms with Crippen molar-refractivity contribution in [1.82, 2.24) is 0 Å². The van der Waals surface area contributed by atoms with E-state index in [-0.39, 0.29) is 5.41 Å². The zero-order valence-electron chi connectivity index (χ0n) is 12.4. The molecular formula is C16H28Si. The molecule has 0 saturated carbocycles. The monoisotopic (exact) mass is 248 g/mol. The van der Waals surface area contributed by atoms with Crippen molar-refractivity contribution in [3.05, 3.63) is 29.8 Å². The van der Waals surface area contributed by atoms with Crippen molar-refractivity contribution in [3.8, 4) is 0 Å². The maximum Gasteiger partial charge on any atom is 0.0859 e. The summed E-state index contributed by atoms with van der Waals surface area (Å²) < 4.78 is 0. The Balaban J connectivity index is 3.09. The van der Waals surface area contributed by atoms with Crippen LogP contribution in [0, 0.1) is 0 Å². The van der Waals surface area contributed by atoms with Gasteiger partial charge in [-0.2, -0.15) is 0 Å². The summed E-state index contributed by atoms with van der Waals surface area (Å²) in [6, 6.07) is 13.6. The molecule has 0 amide bonds. The van der Waals surface area contributed by atoms with Crippen LogP contribution >= 0.6 is 0 Å². The van der Waals surface area contributed by atoms with E-state index in [0.717, 1.165) is 0 Å². The molecule has 0 bridgehead atoms. The van der Waals surface area contributed by atoms with Gasteiger partial charge in [0, 0.05) is 0 Å². The maximum atomic E-state index is 2.41. The molecule has 0 atom stereocenters. The number of rotatable bonds is 4. The molecule has 1 aromatic rings. The molecule has 0 N–H and O–H groups in total. The van der Waals surface area contributed by atoms with Crippen molar-refractivity contribution in [1.29, 1.82) is 0 Å². The van der Waals surface area contributed by atoms with Gasteiger partial charge in [-0.3, -0.25) is 0 Å². The molecule has 1 heteroatoms. The quantitative estimate of drug-likeness (QED) is 0.678. The maximum absolute atomic E-state index is 2.41. The third-order valence-electron chi connectivity index (χ3n) is 4.39. The fraction of sp³-hybridized carbons (Fsp3) is 0.625. The Morgan fingerprint density at radius 2 is 1.24 bits per heavy atom. The van der Waals surface area contributed by atoms with Gasteiger partial charge in [-0.15, -0.1) is 0 Å². The topological polar surface area (TPSA) is 0 Å². The molecule has 1 rings (SSSR count). The standard InChI is InChI=1S/C16H28Si/c1-7-17(8-2,9-3)15-12-10-14(11-13-15)16(4,5)6/h10-13H,7-9H2,1-6H3. The van der Waals surface area contributed by atoms with Gasteiger partial charge in [0.2, 0.25) is 0 Å². The van der Waals surface area contributed by atoms with Crippen molar-refractivity contribution in [3.63, 3.8) is 0 Å². The van der Waals surface area contributed by atoms with Gasteiger partial charge in [0.05, 0.1) is 8.07 Å². The van der Waals surface area contributed by atoms with Gasteiger partial charge in [-0.1, -0.05) is 89.1 Å². The van der Waals surface area contributed by atoms with Gasteiger partial charge in [-0.25, -0.2) is 0 Å². The SMILES string of the molecule is CC[Si](CC)(CC)c1ccc(C(C)(C)C)cc1. The molecule has 0 nitrogen and oxygen atoms in total. The van der Waals surface area contributed by atoms with Gasteiger partial charge >= 0.3 is 0 Å². The van der Waals surface area contributed by atoms with Crippen LogP contribution in [-0.4, -0.2) is 8.07 Å². The van der Waals surface area contributed by atoms with E-state index in [9.17, 15) is 0 Å². The largest absolute Gasteiger partial charge is 0.0859 e. The van der Waals surface area contributed by atoms with Crippen molar-refractivity contribution in [2.75, 3.05) is 0 Å². The molecule has 0 unspecified atom stereocenters. The van der Waals surface area contributed by atoms with Crippen LogP contribution in [0.3, 0.4) is 0 Å². The second-order valence-corrected chi connectivity index (χ2v) is 11.4. The second kappa shape index (κ2) is 5.39. The van der Waals surface area contributed by atoms with Gasteiger partial charge in [0.25, 0.3) is 0 Å². The van der Waals surface area contributed by atoms with Crippen LogP contribution in [0.5, 0.6) is 0 Å². The molecule has 0 saturated heterocycles. The van der Waals surface area contributed by atoms with E-state index < -0.39 is 8.07 Å². The molecular weight excluding hydrogens is 220 g/mol. The Morgan fingerprint density at radius 3 is 1.53 bits per heavy atom. The summed E-state index contributed by atoms with van der Waals surface area (Å²) in [7, 11) is -1.18. The lowest BCUT2D eigenvalue weighted by Crippen LogP contribution is -2.45. The average molecular weight is 248 g/mol. The normalized spacial score (nSPS) is 12.8. The van der Waals surface area contributed by atoms with Crippen LogP contribution in [0.1, 0.15) is 47.1 Å². The first-order valence-electron chi connectivity index (χ1n) is 7.00. The molecule has 0 fully saturated rings. The highest BCUT2D eigenvalue weighted by molar-refractivity contribution is 6.91. The second-order valence-electron chi connectivity index (χ2n) is 6.17. The van der Waals surface area contributed by atoms with E-state index in [1.807, 2.05) is 0 Å². The average Bonchev–Trinajstić information content (AvgIpc) is 2.32. The number of hydrogen-bond donors (Lipinski definition) is 0. The lowest BCUT2D eigenvalue weighted by molar-refractivity contribution is 0.590. The Hall–Kier alpha value is -0.563. The first-order chi connectivity index (χ1) is 7.89. The summed E-state index contributed by atoms with van der Waals surface area (Å²) in [5.41, 5.74) is 1.72. The smallest absolute Gasteiger partial charge is 0.0675 e. The summed E-state index contributed by atoms with van der Waals surface area (Å²) in [6.45, 7) is 14.0. The van der Waals surface area contributed by atoms with Gasteiger partial charge < -0.3 is 0 Å². The highest BCUT2D eigenvalue weighted by Crippen LogP contribution is 2.24. The number of benzene rings is 1. The van der Waals surface area contributed by atoms with E-state index in [0.29, 0.717) is 0 Å². The Kier molecular flexibility index (Phi) is 4.59. The summed E-state index contributed by atoms with van der Waals surface area (Å²) in [5, 5.41) is 1.65. The molecule has 0 aliphatic heterocycles. The minimum Gasteiger partial charge on any atom is -0.0675 e. The molecule has 0 aliphatic carbocycles. The molecule has 0 radical (unpaired) electrons. The first kappa shape index (κ1) is 14.5. The van der Waals surface area contributed by atoms with Crippen LogP contribution in [0.15, 0.2) is 24.3 Å². The van der Waals surface area contributed by atoms with E-state index in [4.69, 9.17) is 0 Å². The minimum atomic E-state index is -1.18. The summed E-state index contributed by atoms with van der Waals surface area (Å²) in [4.78, 5) is 0. The summed E-state index contributed by atoms with van der Waals surface area (Å²) in [6.07, 6.45) is 0. The molecule has 0 aromatic heterocycles. The van der Waals surface area contributed by atoms with Gasteiger partial charge in [0.15, 0.2) is 0 Å². The van der Waals surface area contributed by atoms with Crippen molar-refractivity contribution in [2.24, 2.45) is 0 Å². The lowest BCUT2D eigenvalue weighted by atomic mass is 9.87. The molecule has 17 heavy (non-hydrogen) atoms. The van der Waals surface area contributed by atoms with Crippen LogP contribution in [0.4, 0.5) is 0 Å². The highest BCUT2D eigenvalue weighted by Gasteiger charge is 2.29. The Morgan fingerprint density at radius 1 is 0.824 bits per heavy atom. The first-order valence-corrected chi connectivity index (χ1v) is 9.62. The van der Waals surface area contributed by atoms with E-state index in [1.165, 1.54) is 23.7 Å². The highest BCUT2D eigenvalue weighted by atomic mass is 28.3. The third kappa shape index (κ3) is 3.01. The van der Waals surface area contributed by atoms with Crippen LogP contribution in [0.25, 0.3) is 0 Å². The van der Waals surface area contributed by atoms with Crippen molar-refractivity contribution < 1.29 is 0 Å². The van der Waals surface area contributed by atoms with Gasteiger partial charge in [-0.05, 0) is 11.0 Å². The van der Waals surface area contributed by atoms with Crippen LogP contribution in [-0.2, 0) is 5.41 Å². The molecule has 1 aromatic carbocycles. The van der Waals surface area contributed by atoms with Crippen molar-refractivity contribution in [2.45, 2.75) is 65.1 Å². The lowest BCUT2D eigenvalue weighted by Gasteiger charge is -2.29. The molecule has 0 aliphatic rings. The minimum absolute atomic E-state index is 0.271. The van der Waals surface area contributed by atoms with E-state index >= 15 is 0 Å². The fourth-order valence-corrected chi connectivity index (χ4v) is 6.28. The number of hydrogen-bond acceptors (Lipinski definition) is 0. The van der Waals surface area contributed by atoms with Crippen LogP contribution in [0.2, 0.25) is 18.1 Å². The summed E-state index contributed by atoms with van der Waals surface area (Å²) in [5.74, 6) is 0. The Labute approximate surface area is 108 Å². The van der Waals surface area contributed by atoms with Gasteiger partial charge in [0.1, 0.15) is 0 Å². The molecule has 0 heterocycles. The van der Waals surface area contributed by atoms with E-state index in [1.54, 1.807) is 5.19 Å². The Bertz CT molecular complexity index is 331. The predicted octanol–water partition coefficient (Wildman–Crippen LogP) is 4.70. The predicted molar refractivity (Wildman–Crippen MR) is 82.0 cm³/mol.